The Labute approximate surface area is 118 Å². The number of rotatable bonds is 5. The van der Waals surface area contributed by atoms with Crippen LogP contribution in [-0.4, -0.2) is 36.2 Å². The molecule has 0 bridgehead atoms. The zero-order valence-electron chi connectivity index (χ0n) is 12.0. The van der Waals surface area contributed by atoms with Crippen LogP contribution in [0.25, 0.3) is 0 Å². The molecule has 1 N–H and O–H groups in total. The van der Waals surface area contributed by atoms with Crippen LogP contribution < -0.4 is 4.74 Å². The molecule has 0 aromatic heterocycles. The van der Waals surface area contributed by atoms with E-state index >= 15 is 0 Å². The van der Waals surface area contributed by atoms with E-state index in [1.165, 1.54) is 13.2 Å². The number of carbonyl (C=O) groups is 1. The molecule has 1 aliphatic rings. The number of hydrogen-bond donors (Lipinski definition) is 1. The van der Waals surface area contributed by atoms with Gasteiger partial charge in [-0.05, 0) is 25.0 Å². The zero-order chi connectivity index (χ0) is 14.9. The molecule has 1 aliphatic heterocycles. The van der Waals surface area contributed by atoms with E-state index in [1.807, 2.05) is 6.92 Å². The number of carboxylic acid groups (broad SMARTS) is 1. The van der Waals surface area contributed by atoms with E-state index in [9.17, 15) is 9.18 Å². The van der Waals surface area contributed by atoms with Gasteiger partial charge >= 0.3 is 5.97 Å². The second kappa shape index (κ2) is 5.79. The number of halogens is 1. The van der Waals surface area contributed by atoms with Crippen molar-refractivity contribution in [3.63, 3.8) is 0 Å². The summed E-state index contributed by atoms with van der Waals surface area (Å²) in [6.07, 6.45) is 0. The van der Waals surface area contributed by atoms with Crippen molar-refractivity contribution in [1.82, 2.24) is 4.90 Å². The summed E-state index contributed by atoms with van der Waals surface area (Å²) in [6, 6.07) is 4.66. The van der Waals surface area contributed by atoms with Gasteiger partial charge in [0.25, 0.3) is 0 Å². The molecule has 1 aromatic rings. The average Bonchev–Trinajstić information content (AvgIpc) is 2.35. The van der Waals surface area contributed by atoms with Gasteiger partial charge in [-0.1, -0.05) is 13.0 Å². The number of benzene rings is 1. The smallest absolute Gasteiger partial charge is 0.306 e. The Kier molecular flexibility index (Phi) is 4.28. The summed E-state index contributed by atoms with van der Waals surface area (Å²) in [4.78, 5) is 13.0. The summed E-state index contributed by atoms with van der Waals surface area (Å²) in [5, 5.41) is 8.99. The largest absolute Gasteiger partial charge is 0.496 e. The quantitative estimate of drug-likeness (QED) is 0.901. The second-order valence-corrected chi connectivity index (χ2v) is 5.37. The molecule has 0 saturated carbocycles. The van der Waals surface area contributed by atoms with Crippen LogP contribution in [0.5, 0.6) is 5.75 Å². The van der Waals surface area contributed by atoms with Crippen molar-refractivity contribution in [3.05, 3.63) is 29.6 Å². The molecule has 1 heterocycles. The molecule has 4 nitrogen and oxygen atoms in total. The van der Waals surface area contributed by atoms with Gasteiger partial charge in [0.05, 0.1) is 13.0 Å². The Morgan fingerprint density at radius 2 is 2.10 bits per heavy atom. The van der Waals surface area contributed by atoms with Crippen LogP contribution in [0, 0.1) is 17.7 Å². The summed E-state index contributed by atoms with van der Waals surface area (Å²) in [7, 11) is 1.52. The standard InChI is InChI=1S/C15H20FNO3/c1-9(15(18)19)11-7-17(8-11)10(2)14-12(16)5-4-6-13(14)20-3/h4-6,9-11H,7-8H2,1-3H3,(H,18,19). The maximum absolute atomic E-state index is 14.0. The van der Waals surface area contributed by atoms with E-state index in [2.05, 4.69) is 4.90 Å². The highest BCUT2D eigenvalue weighted by molar-refractivity contribution is 5.70. The molecule has 110 valence electrons. The number of carboxylic acids is 1. The van der Waals surface area contributed by atoms with Crippen LogP contribution in [0.2, 0.25) is 0 Å². The highest BCUT2D eigenvalue weighted by atomic mass is 19.1. The number of aliphatic carboxylic acids is 1. The van der Waals surface area contributed by atoms with Gasteiger partial charge in [-0.15, -0.1) is 0 Å². The van der Waals surface area contributed by atoms with Crippen LogP contribution >= 0.6 is 0 Å². The summed E-state index contributed by atoms with van der Waals surface area (Å²) in [5.74, 6) is -0.752. The van der Waals surface area contributed by atoms with Gasteiger partial charge < -0.3 is 9.84 Å². The first-order valence-corrected chi connectivity index (χ1v) is 6.75. The first kappa shape index (κ1) is 14.8. The minimum absolute atomic E-state index is 0.122. The van der Waals surface area contributed by atoms with Crippen molar-refractivity contribution in [2.75, 3.05) is 20.2 Å². The summed E-state index contributed by atoms with van der Waals surface area (Å²) >= 11 is 0. The molecule has 0 spiro atoms. The summed E-state index contributed by atoms with van der Waals surface area (Å²) < 4.78 is 19.2. The van der Waals surface area contributed by atoms with Crippen molar-refractivity contribution in [1.29, 1.82) is 0 Å². The lowest BCUT2D eigenvalue weighted by molar-refractivity contribution is -0.146. The fourth-order valence-corrected chi connectivity index (χ4v) is 2.67. The van der Waals surface area contributed by atoms with Crippen molar-refractivity contribution < 1.29 is 19.0 Å². The third-order valence-electron chi connectivity index (χ3n) is 4.23. The van der Waals surface area contributed by atoms with Crippen LogP contribution in [0.1, 0.15) is 25.5 Å². The van der Waals surface area contributed by atoms with Crippen molar-refractivity contribution in [3.8, 4) is 5.75 Å². The van der Waals surface area contributed by atoms with Crippen molar-refractivity contribution >= 4 is 5.97 Å². The highest BCUT2D eigenvalue weighted by Gasteiger charge is 2.38. The van der Waals surface area contributed by atoms with E-state index in [0.717, 1.165) is 0 Å². The third-order valence-corrected chi connectivity index (χ3v) is 4.23. The Hall–Kier alpha value is -1.62. The van der Waals surface area contributed by atoms with Gasteiger partial charge in [-0.2, -0.15) is 0 Å². The van der Waals surface area contributed by atoms with Crippen molar-refractivity contribution in [2.24, 2.45) is 11.8 Å². The van der Waals surface area contributed by atoms with Gasteiger partial charge in [0.1, 0.15) is 11.6 Å². The molecule has 20 heavy (non-hydrogen) atoms. The third kappa shape index (κ3) is 2.63. The van der Waals surface area contributed by atoms with Crippen LogP contribution in [0.4, 0.5) is 4.39 Å². The summed E-state index contributed by atoms with van der Waals surface area (Å²) in [6.45, 7) is 4.99. The minimum Gasteiger partial charge on any atom is -0.496 e. The number of methoxy groups -OCH3 is 1. The molecule has 1 saturated heterocycles. The molecule has 5 heteroatoms. The van der Waals surface area contributed by atoms with Gasteiger partial charge in [0.2, 0.25) is 0 Å². The Balaban J connectivity index is 2.08. The normalized spacial score (nSPS) is 19.2. The SMILES string of the molecule is COc1cccc(F)c1C(C)N1CC(C(C)C(=O)O)C1. The Morgan fingerprint density at radius 3 is 2.65 bits per heavy atom. The number of likely N-dealkylation sites (tertiary alicyclic amines) is 1. The first-order chi connectivity index (χ1) is 9.45. The fraction of sp³-hybridized carbons (Fsp3) is 0.533. The van der Waals surface area contributed by atoms with Crippen LogP contribution in [0.15, 0.2) is 18.2 Å². The van der Waals surface area contributed by atoms with E-state index in [-0.39, 0.29) is 23.7 Å². The predicted molar refractivity (Wildman–Crippen MR) is 73.2 cm³/mol. The lowest BCUT2D eigenvalue weighted by Crippen LogP contribution is -2.51. The zero-order valence-corrected chi connectivity index (χ0v) is 12.0. The lowest BCUT2D eigenvalue weighted by Gasteiger charge is -2.45. The molecule has 1 fully saturated rings. The van der Waals surface area contributed by atoms with E-state index < -0.39 is 5.97 Å². The molecule has 2 rings (SSSR count). The van der Waals surface area contributed by atoms with Gasteiger partial charge in [0.15, 0.2) is 0 Å². The number of ether oxygens (including phenoxy) is 1. The van der Waals surface area contributed by atoms with E-state index in [0.29, 0.717) is 24.4 Å². The minimum atomic E-state index is -0.772. The highest BCUT2D eigenvalue weighted by Crippen LogP contribution is 2.37. The molecule has 1 aromatic carbocycles. The molecule has 0 aliphatic carbocycles. The van der Waals surface area contributed by atoms with Crippen molar-refractivity contribution in [2.45, 2.75) is 19.9 Å². The van der Waals surface area contributed by atoms with Gasteiger partial charge in [-0.25, -0.2) is 4.39 Å². The van der Waals surface area contributed by atoms with E-state index in [4.69, 9.17) is 9.84 Å². The predicted octanol–water partition coefficient (Wildman–Crippen LogP) is 2.55. The topological polar surface area (TPSA) is 49.8 Å². The molecule has 0 radical (unpaired) electrons. The summed E-state index contributed by atoms with van der Waals surface area (Å²) in [5.41, 5.74) is 0.538. The maximum Gasteiger partial charge on any atom is 0.306 e. The Bertz CT molecular complexity index is 500. The first-order valence-electron chi connectivity index (χ1n) is 6.75. The molecule has 0 amide bonds. The molecular weight excluding hydrogens is 261 g/mol. The van der Waals surface area contributed by atoms with Crippen LogP contribution in [0.3, 0.4) is 0 Å². The fourth-order valence-electron chi connectivity index (χ4n) is 2.67. The van der Waals surface area contributed by atoms with Gasteiger partial charge in [0, 0.05) is 24.7 Å². The average molecular weight is 281 g/mol. The monoisotopic (exact) mass is 281 g/mol. The number of nitrogens with zero attached hydrogens (tertiary/aromatic N) is 1. The molecular formula is C15H20FNO3. The Morgan fingerprint density at radius 1 is 1.45 bits per heavy atom. The molecule has 2 unspecified atom stereocenters. The molecule has 2 atom stereocenters. The second-order valence-electron chi connectivity index (χ2n) is 5.37. The van der Waals surface area contributed by atoms with Gasteiger partial charge in [-0.3, -0.25) is 9.69 Å². The lowest BCUT2D eigenvalue weighted by atomic mass is 9.85. The van der Waals surface area contributed by atoms with Crippen LogP contribution in [-0.2, 0) is 4.79 Å². The number of hydrogen-bond acceptors (Lipinski definition) is 3. The maximum atomic E-state index is 14.0. The van der Waals surface area contributed by atoms with E-state index in [1.54, 1.807) is 19.1 Å².